The van der Waals surface area contributed by atoms with Crippen molar-refractivity contribution in [2.24, 2.45) is 11.8 Å². The maximum Gasteiger partial charge on any atom is 0.307 e. The first-order valence-corrected chi connectivity index (χ1v) is 6.50. The molecule has 1 aliphatic carbocycles. The van der Waals surface area contributed by atoms with Gasteiger partial charge in [0.25, 0.3) is 0 Å². The Morgan fingerprint density at radius 3 is 2.72 bits per heavy atom. The Morgan fingerprint density at radius 1 is 1.44 bits per heavy atom. The minimum Gasteiger partial charge on any atom is -0.481 e. The first kappa shape index (κ1) is 13.1. The Morgan fingerprint density at radius 2 is 2.17 bits per heavy atom. The number of carbonyl (C=O) groups is 2. The third-order valence-corrected chi connectivity index (χ3v) is 3.60. The van der Waals surface area contributed by atoms with Crippen LogP contribution < -0.4 is 0 Å². The van der Waals surface area contributed by atoms with Crippen molar-refractivity contribution in [3.8, 4) is 0 Å². The van der Waals surface area contributed by atoms with Crippen molar-refractivity contribution >= 4 is 27.8 Å². The third kappa shape index (κ3) is 2.90. The molecule has 1 saturated carbocycles. The van der Waals surface area contributed by atoms with Gasteiger partial charge in [0, 0.05) is 18.1 Å². The summed E-state index contributed by atoms with van der Waals surface area (Å²) in [4.78, 5) is 24.3. The number of halogens is 1. The maximum atomic E-state index is 12.0. The van der Waals surface area contributed by atoms with Gasteiger partial charge >= 0.3 is 5.97 Å². The summed E-state index contributed by atoms with van der Waals surface area (Å²) in [6.45, 7) is 0.501. The van der Waals surface area contributed by atoms with Gasteiger partial charge in [0.1, 0.15) is 0 Å². The zero-order valence-corrected chi connectivity index (χ0v) is 11.6. The molecule has 0 aromatic heterocycles. The Labute approximate surface area is 114 Å². The van der Waals surface area contributed by atoms with Gasteiger partial charge in [0.15, 0.2) is 0 Å². The molecule has 1 aromatic carbocycles. The number of carboxylic acids is 1. The molecule has 2 rings (SSSR count). The summed E-state index contributed by atoms with van der Waals surface area (Å²) in [5.41, 5.74) is 1.02. The van der Waals surface area contributed by atoms with E-state index in [1.54, 1.807) is 11.9 Å². The molecule has 4 nitrogen and oxygen atoms in total. The Kier molecular flexibility index (Phi) is 3.71. The van der Waals surface area contributed by atoms with Crippen LogP contribution in [0, 0.1) is 11.8 Å². The van der Waals surface area contributed by atoms with Gasteiger partial charge in [-0.1, -0.05) is 28.1 Å². The smallest absolute Gasteiger partial charge is 0.307 e. The number of carbonyl (C=O) groups excluding carboxylic acids is 1. The van der Waals surface area contributed by atoms with Crippen LogP contribution in [0.5, 0.6) is 0 Å². The summed E-state index contributed by atoms with van der Waals surface area (Å²) in [5.74, 6) is -1.77. The number of rotatable bonds is 4. The topological polar surface area (TPSA) is 57.6 Å². The van der Waals surface area contributed by atoms with E-state index >= 15 is 0 Å². The fourth-order valence-electron chi connectivity index (χ4n) is 2.01. The molecule has 2 atom stereocenters. The van der Waals surface area contributed by atoms with Crippen LogP contribution in [-0.2, 0) is 16.1 Å². The van der Waals surface area contributed by atoms with E-state index in [-0.39, 0.29) is 11.8 Å². The van der Waals surface area contributed by atoms with Crippen molar-refractivity contribution in [2.45, 2.75) is 13.0 Å². The molecule has 0 radical (unpaired) electrons. The zero-order chi connectivity index (χ0) is 13.3. The standard InChI is InChI=1S/C13H14BrNO3/c1-15(7-8-3-2-4-9(14)5-8)12(16)10-6-11(10)13(17)18/h2-5,10-11H,6-7H2,1H3,(H,17,18)/t10-,11+/m1/s1. The first-order valence-electron chi connectivity index (χ1n) is 5.71. The van der Waals surface area contributed by atoms with Gasteiger partial charge in [-0.25, -0.2) is 0 Å². The highest BCUT2D eigenvalue weighted by molar-refractivity contribution is 9.10. The number of benzene rings is 1. The summed E-state index contributed by atoms with van der Waals surface area (Å²) in [5, 5.41) is 8.80. The second-order valence-electron chi connectivity index (χ2n) is 4.61. The molecule has 1 aromatic rings. The monoisotopic (exact) mass is 311 g/mol. The van der Waals surface area contributed by atoms with Gasteiger partial charge in [0.2, 0.25) is 5.91 Å². The fraction of sp³-hybridized carbons (Fsp3) is 0.385. The van der Waals surface area contributed by atoms with Gasteiger partial charge in [0.05, 0.1) is 11.8 Å². The summed E-state index contributed by atoms with van der Waals surface area (Å²) < 4.78 is 0.968. The second kappa shape index (κ2) is 5.10. The Hall–Kier alpha value is -1.36. The molecule has 0 saturated heterocycles. The van der Waals surface area contributed by atoms with E-state index in [1.807, 2.05) is 24.3 Å². The lowest BCUT2D eigenvalue weighted by molar-refractivity contribution is -0.141. The predicted molar refractivity (Wildman–Crippen MR) is 69.8 cm³/mol. The normalized spacial score (nSPS) is 21.4. The number of carboxylic acid groups (broad SMARTS) is 1. The Balaban J connectivity index is 1.94. The summed E-state index contributed by atoms with van der Waals surface area (Å²) >= 11 is 3.38. The van der Waals surface area contributed by atoms with E-state index in [0.717, 1.165) is 10.0 Å². The van der Waals surface area contributed by atoms with Crippen molar-refractivity contribution in [3.05, 3.63) is 34.3 Å². The minimum atomic E-state index is -0.871. The molecule has 0 unspecified atom stereocenters. The Bertz CT molecular complexity index is 489. The van der Waals surface area contributed by atoms with Crippen molar-refractivity contribution in [2.75, 3.05) is 7.05 Å². The van der Waals surface area contributed by atoms with Crippen molar-refractivity contribution in [1.29, 1.82) is 0 Å². The van der Waals surface area contributed by atoms with Gasteiger partial charge < -0.3 is 10.0 Å². The quantitative estimate of drug-likeness (QED) is 0.926. The van der Waals surface area contributed by atoms with E-state index in [1.165, 1.54) is 0 Å². The minimum absolute atomic E-state index is 0.0811. The summed E-state index contributed by atoms with van der Waals surface area (Å²) in [7, 11) is 1.71. The molecule has 1 N–H and O–H groups in total. The zero-order valence-electron chi connectivity index (χ0n) is 9.97. The van der Waals surface area contributed by atoms with Gasteiger partial charge in [-0.15, -0.1) is 0 Å². The molecule has 0 aliphatic heterocycles. The van der Waals surface area contributed by atoms with Crippen LogP contribution in [0.25, 0.3) is 0 Å². The van der Waals surface area contributed by atoms with Crippen LogP contribution in [0.15, 0.2) is 28.7 Å². The lowest BCUT2D eigenvalue weighted by Gasteiger charge is -2.17. The molecule has 96 valence electrons. The van der Waals surface area contributed by atoms with Crippen LogP contribution >= 0.6 is 15.9 Å². The van der Waals surface area contributed by atoms with E-state index in [4.69, 9.17) is 5.11 Å². The van der Waals surface area contributed by atoms with Crippen molar-refractivity contribution in [1.82, 2.24) is 4.90 Å². The molecule has 0 spiro atoms. The molecule has 0 bridgehead atoms. The lowest BCUT2D eigenvalue weighted by Crippen LogP contribution is -2.28. The third-order valence-electron chi connectivity index (χ3n) is 3.11. The van der Waals surface area contributed by atoms with Crippen LogP contribution in [0.2, 0.25) is 0 Å². The molecule has 1 fully saturated rings. The highest BCUT2D eigenvalue weighted by Gasteiger charge is 2.49. The molecule has 0 heterocycles. The highest BCUT2D eigenvalue weighted by Crippen LogP contribution is 2.40. The summed E-state index contributed by atoms with van der Waals surface area (Å²) in [6, 6.07) is 7.73. The van der Waals surface area contributed by atoms with Crippen LogP contribution in [0.4, 0.5) is 0 Å². The lowest BCUT2D eigenvalue weighted by atomic mass is 10.2. The average Bonchev–Trinajstić information content (AvgIpc) is 3.07. The van der Waals surface area contributed by atoms with Crippen LogP contribution in [-0.4, -0.2) is 28.9 Å². The molecule has 5 heteroatoms. The first-order chi connectivity index (χ1) is 8.49. The van der Waals surface area contributed by atoms with Crippen molar-refractivity contribution in [3.63, 3.8) is 0 Å². The number of hydrogen-bond donors (Lipinski definition) is 1. The number of hydrogen-bond acceptors (Lipinski definition) is 2. The molecular formula is C13H14BrNO3. The average molecular weight is 312 g/mol. The largest absolute Gasteiger partial charge is 0.481 e. The molecule has 18 heavy (non-hydrogen) atoms. The maximum absolute atomic E-state index is 12.0. The molecular weight excluding hydrogens is 298 g/mol. The SMILES string of the molecule is CN(Cc1cccc(Br)c1)C(=O)[C@@H]1C[C@@H]1C(=O)O. The van der Waals surface area contributed by atoms with E-state index in [9.17, 15) is 9.59 Å². The van der Waals surface area contributed by atoms with E-state index in [2.05, 4.69) is 15.9 Å². The second-order valence-corrected chi connectivity index (χ2v) is 5.53. The highest BCUT2D eigenvalue weighted by atomic mass is 79.9. The number of nitrogens with zero attached hydrogens (tertiary/aromatic N) is 1. The van der Waals surface area contributed by atoms with Gasteiger partial charge in [-0.3, -0.25) is 9.59 Å². The molecule has 1 aliphatic rings. The predicted octanol–water partition coefficient (Wildman–Crippen LogP) is 2.13. The fourth-order valence-corrected chi connectivity index (χ4v) is 2.46. The van der Waals surface area contributed by atoms with E-state index < -0.39 is 11.9 Å². The van der Waals surface area contributed by atoms with Crippen LogP contribution in [0.3, 0.4) is 0 Å². The summed E-state index contributed by atoms with van der Waals surface area (Å²) in [6.07, 6.45) is 0.469. The van der Waals surface area contributed by atoms with Gasteiger partial charge in [-0.2, -0.15) is 0 Å². The van der Waals surface area contributed by atoms with Crippen molar-refractivity contribution < 1.29 is 14.7 Å². The number of aliphatic carboxylic acids is 1. The van der Waals surface area contributed by atoms with E-state index in [0.29, 0.717) is 13.0 Å². The van der Waals surface area contributed by atoms with Crippen LogP contribution in [0.1, 0.15) is 12.0 Å². The van der Waals surface area contributed by atoms with Gasteiger partial charge in [-0.05, 0) is 24.1 Å². The molecule has 1 amide bonds. The number of amides is 1.